The Bertz CT molecular complexity index is 538. The number of esters is 1. The van der Waals surface area contributed by atoms with Gasteiger partial charge in [-0.15, -0.1) is 11.8 Å². The molecule has 1 N–H and O–H groups in total. The van der Waals surface area contributed by atoms with Crippen LogP contribution in [0.25, 0.3) is 0 Å². The van der Waals surface area contributed by atoms with Crippen molar-refractivity contribution in [3.63, 3.8) is 0 Å². The van der Waals surface area contributed by atoms with Gasteiger partial charge >= 0.3 is 5.97 Å². The molecule has 0 bridgehead atoms. The fourth-order valence-corrected chi connectivity index (χ4v) is 3.49. The zero-order valence-electron chi connectivity index (χ0n) is 11.8. The van der Waals surface area contributed by atoms with E-state index in [0.29, 0.717) is 6.42 Å². The van der Waals surface area contributed by atoms with Crippen molar-refractivity contribution in [3.05, 3.63) is 42.2 Å². The number of aliphatic hydroxyl groups excluding tert-OH is 1. The van der Waals surface area contributed by atoms with Crippen molar-refractivity contribution < 1.29 is 19.4 Å². The Hall–Kier alpha value is -1.75. The van der Waals surface area contributed by atoms with Crippen LogP contribution in [0.4, 0.5) is 0 Å². The van der Waals surface area contributed by atoms with Crippen LogP contribution in [0.15, 0.2) is 47.1 Å². The van der Waals surface area contributed by atoms with Crippen molar-refractivity contribution in [3.8, 4) is 0 Å². The van der Waals surface area contributed by atoms with Crippen LogP contribution in [0.1, 0.15) is 12.8 Å². The number of carbonyl (C=O) groups is 2. The summed E-state index contributed by atoms with van der Waals surface area (Å²) in [6.45, 7) is 0. The first kappa shape index (κ1) is 15.6. The molecule has 0 fully saturated rings. The Morgan fingerprint density at radius 2 is 2.10 bits per heavy atom. The third-order valence-electron chi connectivity index (χ3n) is 3.52. The van der Waals surface area contributed by atoms with E-state index in [1.807, 2.05) is 30.3 Å². The summed E-state index contributed by atoms with van der Waals surface area (Å²) in [6.07, 6.45) is 2.09. The number of hydrogen-bond donors (Lipinski definition) is 1. The third kappa shape index (κ3) is 4.11. The highest BCUT2D eigenvalue weighted by molar-refractivity contribution is 7.99. The van der Waals surface area contributed by atoms with Crippen LogP contribution >= 0.6 is 11.8 Å². The van der Waals surface area contributed by atoms with E-state index in [1.165, 1.54) is 7.11 Å². The Kier molecular flexibility index (Phi) is 5.44. The van der Waals surface area contributed by atoms with E-state index in [-0.39, 0.29) is 23.9 Å². The predicted molar refractivity (Wildman–Crippen MR) is 81.1 cm³/mol. The Balaban J connectivity index is 1.98. The summed E-state index contributed by atoms with van der Waals surface area (Å²) in [5.74, 6) is -0.931. The molecule has 0 amide bonds. The van der Waals surface area contributed by atoms with Crippen LogP contribution < -0.4 is 0 Å². The van der Waals surface area contributed by atoms with Gasteiger partial charge in [-0.2, -0.15) is 0 Å². The summed E-state index contributed by atoms with van der Waals surface area (Å²) in [7, 11) is 1.29. The van der Waals surface area contributed by atoms with E-state index in [0.717, 1.165) is 16.7 Å². The molecule has 2 unspecified atom stereocenters. The molecule has 5 heteroatoms. The lowest BCUT2D eigenvalue weighted by Gasteiger charge is -2.27. The summed E-state index contributed by atoms with van der Waals surface area (Å²) in [5.41, 5.74) is 0. The molecule has 1 aliphatic rings. The van der Waals surface area contributed by atoms with Gasteiger partial charge in [-0.25, -0.2) is 0 Å². The summed E-state index contributed by atoms with van der Waals surface area (Å²) in [5, 5.41) is 9.86. The normalized spacial score (nSPS) is 21.8. The van der Waals surface area contributed by atoms with Gasteiger partial charge in [-0.3, -0.25) is 9.59 Å². The van der Waals surface area contributed by atoms with Crippen LogP contribution in [-0.2, 0) is 14.3 Å². The summed E-state index contributed by atoms with van der Waals surface area (Å²) >= 11 is 1.67. The van der Waals surface area contributed by atoms with Gasteiger partial charge in [0.25, 0.3) is 0 Å². The van der Waals surface area contributed by atoms with Crippen LogP contribution in [0.2, 0.25) is 0 Å². The molecule has 2 rings (SSSR count). The highest BCUT2D eigenvalue weighted by atomic mass is 32.2. The lowest BCUT2D eigenvalue weighted by Crippen LogP contribution is -2.32. The summed E-state index contributed by atoms with van der Waals surface area (Å²) in [4.78, 5) is 24.5. The SMILES string of the molecule is COC(=O)C1C(O)=CC(=O)CC1CCSc1ccccc1. The Morgan fingerprint density at radius 3 is 2.76 bits per heavy atom. The molecule has 0 spiro atoms. The van der Waals surface area contributed by atoms with Crippen LogP contribution in [0, 0.1) is 11.8 Å². The molecule has 0 heterocycles. The van der Waals surface area contributed by atoms with Crippen molar-refractivity contribution in [1.29, 1.82) is 0 Å². The standard InChI is InChI=1S/C16H18O4S/c1-20-16(19)15-11(9-12(17)10-14(15)18)7-8-21-13-5-3-2-4-6-13/h2-6,10-11,15,18H,7-9H2,1H3. The van der Waals surface area contributed by atoms with Gasteiger partial charge in [0.2, 0.25) is 0 Å². The highest BCUT2D eigenvalue weighted by Gasteiger charge is 2.37. The number of allylic oxidation sites excluding steroid dienone is 1. The van der Waals surface area contributed by atoms with Crippen LogP contribution in [-0.4, -0.2) is 29.7 Å². The zero-order chi connectivity index (χ0) is 15.2. The molecule has 0 aliphatic heterocycles. The lowest BCUT2D eigenvalue weighted by molar-refractivity contribution is -0.147. The number of ether oxygens (including phenoxy) is 1. The van der Waals surface area contributed by atoms with Crippen LogP contribution in [0.3, 0.4) is 0 Å². The van der Waals surface area contributed by atoms with Crippen molar-refractivity contribution in [2.24, 2.45) is 11.8 Å². The molecular formula is C16H18O4S. The monoisotopic (exact) mass is 306 g/mol. The fraction of sp³-hybridized carbons (Fsp3) is 0.375. The second-order valence-electron chi connectivity index (χ2n) is 4.95. The number of ketones is 1. The van der Waals surface area contributed by atoms with Gasteiger partial charge in [-0.1, -0.05) is 18.2 Å². The molecule has 1 aromatic rings. The highest BCUT2D eigenvalue weighted by Crippen LogP contribution is 2.33. The van der Waals surface area contributed by atoms with Crippen LogP contribution in [0.5, 0.6) is 0 Å². The second kappa shape index (κ2) is 7.31. The minimum atomic E-state index is -0.718. The van der Waals surface area contributed by atoms with Crippen molar-refractivity contribution in [2.45, 2.75) is 17.7 Å². The lowest BCUT2D eigenvalue weighted by atomic mass is 9.80. The minimum Gasteiger partial charge on any atom is -0.511 e. The topological polar surface area (TPSA) is 63.6 Å². The molecule has 1 aromatic carbocycles. The molecule has 21 heavy (non-hydrogen) atoms. The molecule has 4 nitrogen and oxygen atoms in total. The van der Waals surface area contributed by atoms with E-state index in [4.69, 9.17) is 4.74 Å². The number of methoxy groups -OCH3 is 1. The van der Waals surface area contributed by atoms with Gasteiger partial charge < -0.3 is 9.84 Å². The maximum Gasteiger partial charge on any atom is 0.316 e. The third-order valence-corrected chi connectivity index (χ3v) is 4.56. The maximum absolute atomic E-state index is 11.8. The first-order valence-electron chi connectivity index (χ1n) is 6.81. The number of hydrogen-bond acceptors (Lipinski definition) is 5. The average molecular weight is 306 g/mol. The predicted octanol–water partition coefficient (Wildman–Crippen LogP) is 2.99. The van der Waals surface area contributed by atoms with Crippen molar-refractivity contribution in [2.75, 3.05) is 12.9 Å². The van der Waals surface area contributed by atoms with E-state index < -0.39 is 11.9 Å². The van der Waals surface area contributed by atoms with Gasteiger partial charge in [0.1, 0.15) is 11.7 Å². The number of rotatable bonds is 5. The molecule has 1 aliphatic carbocycles. The molecular weight excluding hydrogens is 288 g/mol. The van der Waals surface area contributed by atoms with Crippen molar-refractivity contribution >= 4 is 23.5 Å². The maximum atomic E-state index is 11.8. The number of thioether (sulfide) groups is 1. The van der Waals surface area contributed by atoms with E-state index in [9.17, 15) is 14.7 Å². The largest absolute Gasteiger partial charge is 0.511 e. The molecule has 2 atom stereocenters. The van der Waals surface area contributed by atoms with Crippen molar-refractivity contribution in [1.82, 2.24) is 0 Å². The first-order chi connectivity index (χ1) is 10.1. The average Bonchev–Trinajstić information content (AvgIpc) is 2.47. The number of aliphatic hydroxyl groups is 1. The second-order valence-corrected chi connectivity index (χ2v) is 6.12. The molecule has 0 aromatic heterocycles. The van der Waals surface area contributed by atoms with E-state index >= 15 is 0 Å². The number of benzene rings is 1. The zero-order valence-corrected chi connectivity index (χ0v) is 12.6. The van der Waals surface area contributed by atoms with E-state index in [1.54, 1.807) is 11.8 Å². The molecule has 0 saturated heterocycles. The molecule has 0 radical (unpaired) electrons. The first-order valence-corrected chi connectivity index (χ1v) is 7.79. The van der Waals surface area contributed by atoms with Gasteiger partial charge in [-0.05, 0) is 30.2 Å². The van der Waals surface area contributed by atoms with Gasteiger partial charge in [0, 0.05) is 17.4 Å². The quantitative estimate of drug-likeness (QED) is 0.669. The number of carbonyl (C=O) groups excluding carboxylic acids is 2. The van der Waals surface area contributed by atoms with Gasteiger partial charge in [0.05, 0.1) is 7.11 Å². The van der Waals surface area contributed by atoms with E-state index in [2.05, 4.69) is 0 Å². The molecule has 112 valence electrons. The minimum absolute atomic E-state index is 0.137. The van der Waals surface area contributed by atoms with Gasteiger partial charge in [0.15, 0.2) is 5.78 Å². The Morgan fingerprint density at radius 1 is 1.38 bits per heavy atom. The molecule has 0 saturated carbocycles. The smallest absolute Gasteiger partial charge is 0.316 e. The summed E-state index contributed by atoms with van der Waals surface area (Å²) in [6, 6.07) is 9.94. The Labute approximate surface area is 128 Å². The fourth-order valence-electron chi connectivity index (χ4n) is 2.49. The summed E-state index contributed by atoms with van der Waals surface area (Å²) < 4.78 is 4.73.